The summed E-state index contributed by atoms with van der Waals surface area (Å²) in [7, 11) is 0. The zero-order valence-electron chi connectivity index (χ0n) is 16.1. The number of hydrogen-bond donors (Lipinski definition) is 1. The molecule has 4 rings (SSSR count). The molecule has 2 fully saturated rings. The first kappa shape index (κ1) is 19.2. The number of aromatic nitrogens is 3. The topological polar surface area (TPSA) is 92.6 Å². The van der Waals surface area contributed by atoms with E-state index in [0.717, 1.165) is 12.8 Å². The summed E-state index contributed by atoms with van der Waals surface area (Å²) < 4.78 is 21.9. The lowest BCUT2D eigenvalue weighted by atomic mass is 10.0. The molecule has 3 heterocycles. The summed E-state index contributed by atoms with van der Waals surface area (Å²) in [6, 6.07) is 5.07. The molecule has 10 heteroatoms. The van der Waals surface area contributed by atoms with E-state index in [0.29, 0.717) is 24.5 Å². The van der Waals surface area contributed by atoms with Gasteiger partial charge in [-0.05, 0) is 31.0 Å². The number of amides is 2. The number of carbonyl (C=O) groups is 2. The molecule has 154 valence electrons. The number of cyclic esters (lactones) is 1. The van der Waals surface area contributed by atoms with Gasteiger partial charge in [0.25, 0.3) is 0 Å². The highest BCUT2D eigenvalue weighted by Crippen LogP contribution is 2.31. The first-order valence-corrected chi connectivity index (χ1v) is 9.64. The van der Waals surface area contributed by atoms with Gasteiger partial charge in [-0.15, -0.1) is 5.10 Å². The Bertz CT molecular complexity index is 882. The van der Waals surface area contributed by atoms with E-state index in [1.54, 1.807) is 18.3 Å². The van der Waals surface area contributed by atoms with Crippen LogP contribution in [0.25, 0.3) is 0 Å². The number of benzene rings is 1. The number of piperidine rings is 1. The zero-order valence-corrected chi connectivity index (χ0v) is 16.1. The van der Waals surface area contributed by atoms with Crippen LogP contribution < -0.4 is 15.1 Å². The first-order chi connectivity index (χ1) is 14.0. The van der Waals surface area contributed by atoms with Gasteiger partial charge in [0.05, 0.1) is 36.7 Å². The molecule has 2 amide bonds. The van der Waals surface area contributed by atoms with Crippen LogP contribution in [0.2, 0.25) is 0 Å². The third-order valence-electron chi connectivity index (χ3n) is 5.32. The lowest BCUT2D eigenvalue weighted by Gasteiger charge is -2.33. The zero-order chi connectivity index (χ0) is 20.4. The fraction of sp³-hybridized carbons (Fsp3) is 0.474. The third kappa shape index (κ3) is 4.15. The Labute approximate surface area is 167 Å². The van der Waals surface area contributed by atoms with Crippen LogP contribution in [0.5, 0.6) is 0 Å². The first-order valence-electron chi connectivity index (χ1n) is 9.64. The highest BCUT2D eigenvalue weighted by Gasteiger charge is 2.33. The average Bonchev–Trinajstić information content (AvgIpc) is 3.36. The second-order valence-corrected chi connectivity index (χ2v) is 7.29. The van der Waals surface area contributed by atoms with Crippen LogP contribution in [0.15, 0.2) is 30.6 Å². The number of carbonyl (C=O) groups excluding carboxylic acids is 2. The van der Waals surface area contributed by atoms with E-state index >= 15 is 0 Å². The number of halogens is 1. The number of nitrogens with one attached hydrogen (secondary N) is 1. The van der Waals surface area contributed by atoms with Crippen molar-refractivity contribution in [3.05, 3.63) is 36.4 Å². The van der Waals surface area contributed by atoms with Crippen molar-refractivity contribution in [2.75, 3.05) is 36.0 Å². The van der Waals surface area contributed by atoms with Crippen LogP contribution in [-0.2, 0) is 9.53 Å². The third-order valence-corrected chi connectivity index (χ3v) is 5.32. The van der Waals surface area contributed by atoms with E-state index in [-0.39, 0.29) is 30.9 Å². The van der Waals surface area contributed by atoms with Gasteiger partial charge in [-0.1, -0.05) is 5.21 Å². The Balaban J connectivity index is 1.39. The maximum atomic E-state index is 14.8. The predicted molar refractivity (Wildman–Crippen MR) is 103 cm³/mol. The normalized spacial score (nSPS) is 20.1. The molecule has 0 saturated carbocycles. The largest absolute Gasteiger partial charge is 0.442 e. The molecule has 0 radical (unpaired) electrons. The van der Waals surface area contributed by atoms with Crippen molar-refractivity contribution >= 4 is 23.4 Å². The van der Waals surface area contributed by atoms with Crippen LogP contribution in [0.1, 0.15) is 25.8 Å². The SMILES string of the molecule is CC(=O)NC[C@H]1CN(c2ccc(N3CCC(n4ccnn4)CC3)c(F)c2)C(=O)O1. The van der Waals surface area contributed by atoms with Gasteiger partial charge in [-0.25, -0.2) is 13.9 Å². The summed E-state index contributed by atoms with van der Waals surface area (Å²) in [6.45, 7) is 3.33. The molecule has 0 bridgehead atoms. The van der Waals surface area contributed by atoms with Crippen molar-refractivity contribution < 1.29 is 18.7 Å². The Morgan fingerprint density at radius 2 is 2.14 bits per heavy atom. The van der Waals surface area contributed by atoms with E-state index in [9.17, 15) is 14.0 Å². The second kappa shape index (κ2) is 8.06. The Morgan fingerprint density at radius 3 is 2.79 bits per heavy atom. The van der Waals surface area contributed by atoms with E-state index < -0.39 is 12.2 Å². The Hall–Kier alpha value is -3.17. The minimum Gasteiger partial charge on any atom is -0.442 e. The van der Waals surface area contributed by atoms with E-state index in [1.807, 2.05) is 15.8 Å². The molecule has 1 aromatic carbocycles. The van der Waals surface area contributed by atoms with Crippen molar-refractivity contribution in [3.8, 4) is 0 Å². The molecule has 2 saturated heterocycles. The van der Waals surface area contributed by atoms with Gasteiger partial charge in [0, 0.05) is 26.2 Å². The molecule has 9 nitrogen and oxygen atoms in total. The summed E-state index contributed by atoms with van der Waals surface area (Å²) in [4.78, 5) is 26.5. The minimum absolute atomic E-state index is 0.192. The molecule has 1 N–H and O–H groups in total. The van der Waals surface area contributed by atoms with Crippen molar-refractivity contribution in [2.24, 2.45) is 0 Å². The van der Waals surface area contributed by atoms with Gasteiger partial charge >= 0.3 is 6.09 Å². The lowest BCUT2D eigenvalue weighted by Crippen LogP contribution is -2.35. The van der Waals surface area contributed by atoms with Crippen molar-refractivity contribution in [3.63, 3.8) is 0 Å². The van der Waals surface area contributed by atoms with Crippen molar-refractivity contribution in [2.45, 2.75) is 31.9 Å². The number of anilines is 2. The molecule has 29 heavy (non-hydrogen) atoms. The number of ether oxygens (including phenoxy) is 1. The fourth-order valence-electron chi connectivity index (χ4n) is 3.80. The Morgan fingerprint density at radius 1 is 1.34 bits per heavy atom. The summed E-state index contributed by atoms with van der Waals surface area (Å²) in [6.07, 6.45) is 4.23. The van der Waals surface area contributed by atoms with Gasteiger partial charge in [-0.3, -0.25) is 9.69 Å². The van der Waals surface area contributed by atoms with Gasteiger partial charge in [0.15, 0.2) is 0 Å². The maximum absolute atomic E-state index is 14.8. The van der Waals surface area contributed by atoms with Crippen LogP contribution in [0, 0.1) is 5.82 Å². The Kier molecular flexibility index (Phi) is 5.32. The van der Waals surface area contributed by atoms with Crippen LogP contribution >= 0.6 is 0 Å². The van der Waals surface area contributed by atoms with Gasteiger partial charge < -0.3 is 15.0 Å². The second-order valence-electron chi connectivity index (χ2n) is 7.29. The quantitative estimate of drug-likeness (QED) is 0.819. The van der Waals surface area contributed by atoms with Gasteiger partial charge in [0.1, 0.15) is 11.9 Å². The molecule has 0 unspecified atom stereocenters. The van der Waals surface area contributed by atoms with Gasteiger partial charge in [0.2, 0.25) is 5.91 Å². The molecule has 0 spiro atoms. The monoisotopic (exact) mass is 402 g/mol. The molecule has 2 aliphatic rings. The molecular formula is C19H23FN6O3. The summed E-state index contributed by atoms with van der Waals surface area (Å²) in [5.41, 5.74) is 0.965. The molecule has 2 aliphatic heterocycles. The van der Waals surface area contributed by atoms with Crippen molar-refractivity contribution in [1.82, 2.24) is 20.3 Å². The van der Waals surface area contributed by atoms with Crippen LogP contribution in [0.3, 0.4) is 0 Å². The highest BCUT2D eigenvalue weighted by atomic mass is 19.1. The molecule has 0 aliphatic carbocycles. The van der Waals surface area contributed by atoms with Crippen molar-refractivity contribution in [1.29, 1.82) is 0 Å². The summed E-state index contributed by atoms with van der Waals surface area (Å²) in [5, 5.41) is 10.5. The smallest absolute Gasteiger partial charge is 0.414 e. The molecule has 1 aromatic heterocycles. The lowest BCUT2D eigenvalue weighted by molar-refractivity contribution is -0.119. The van der Waals surface area contributed by atoms with Crippen LogP contribution in [0.4, 0.5) is 20.6 Å². The van der Waals surface area contributed by atoms with Crippen LogP contribution in [-0.4, -0.2) is 59.3 Å². The van der Waals surface area contributed by atoms with Gasteiger partial charge in [-0.2, -0.15) is 0 Å². The van der Waals surface area contributed by atoms with E-state index in [1.165, 1.54) is 17.9 Å². The minimum atomic E-state index is -0.541. The number of hydrogen-bond acceptors (Lipinski definition) is 6. The number of nitrogens with zero attached hydrogens (tertiary/aromatic N) is 5. The molecular weight excluding hydrogens is 379 g/mol. The summed E-state index contributed by atoms with van der Waals surface area (Å²) >= 11 is 0. The fourth-order valence-corrected chi connectivity index (χ4v) is 3.80. The standard InChI is InChI=1S/C19H23FN6O3/c1-13(27)21-11-16-12-25(19(28)29-16)15-2-3-18(17(20)10-15)24-7-4-14(5-8-24)26-9-6-22-23-26/h2-3,6,9-10,14,16H,4-5,7-8,11-12H2,1H3,(H,21,27)/t16-/m0/s1. The predicted octanol–water partition coefficient (Wildman–Crippen LogP) is 1.72. The van der Waals surface area contributed by atoms with E-state index in [2.05, 4.69) is 15.6 Å². The summed E-state index contributed by atoms with van der Waals surface area (Å²) in [5.74, 6) is -0.567. The average molecular weight is 402 g/mol. The highest BCUT2D eigenvalue weighted by molar-refractivity contribution is 5.90. The van der Waals surface area contributed by atoms with E-state index in [4.69, 9.17) is 4.74 Å². The molecule has 2 aromatic rings. The maximum Gasteiger partial charge on any atom is 0.414 e. The molecule has 1 atom stereocenters. The number of rotatable bonds is 5.